The van der Waals surface area contributed by atoms with Gasteiger partial charge in [-0.15, -0.1) is 24.0 Å². The third kappa shape index (κ3) is 6.03. The monoisotopic (exact) mass is 518 g/mol. The summed E-state index contributed by atoms with van der Waals surface area (Å²) in [6.07, 6.45) is 1.81. The molecule has 2 N–H and O–H groups in total. The van der Waals surface area contributed by atoms with Crippen LogP contribution in [0, 0.1) is 17.1 Å². The van der Waals surface area contributed by atoms with Crippen LogP contribution in [-0.4, -0.2) is 34.4 Å². The Hall–Kier alpha value is -2.93. The number of aromatic nitrogens is 2. The summed E-state index contributed by atoms with van der Waals surface area (Å²) in [7, 11) is 1.90. The highest BCUT2D eigenvalue weighted by Crippen LogP contribution is 2.16. The summed E-state index contributed by atoms with van der Waals surface area (Å²) in [6, 6.07) is 16.4. The molecule has 0 radical (unpaired) electrons. The number of aliphatic imine (C=N–C) groups is 1. The van der Waals surface area contributed by atoms with Gasteiger partial charge in [-0.3, -0.25) is 0 Å². The van der Waals surface area contributed by atoms with Gasteiger partial charge in [0.05, 0.1) is 36.6 Å². The lowest BCUT2D eigenvalue weighted by Crippen LogP contribution is -2.38. The van der Waals surface area contributed by atoms with Crippen molar-refractivity contribution in [3.05, 3.63) is 77.5 Å². The summed E-state index contributed by atoms with van der Waals surface area (Å²) >= 11 is 0. The van der Waals surface area contributed by atoms with Gasteiger partial charge in [0.15, 0.2) is 5.96 Å². The average Bonchev–Trinajstić information content (AvgIpc) is 3.20. The van der Waals surface area contributed by atoms with Gasteiger partial charge in [0.25, 0.3) is 0 Å². The zero-order valence-electron chi connectivity index (χ0n) is 16.9. The predicted octanol–water partition coefficient (Wildman–Crippen LogP) is 4.30. The maximum absolute atomic E-state index is 14.1. The second-order valence-corrected chi connectivity index (χ2v) is 6.55. The van der Waals surface area contributed by atoms with Gasteiger partial charge < -0.3 is 15.2 Å². The zero-order chi connectivity index (χ0) is 20.6. The van der Waals surface area contributed by atoms with E-state index in [2.05, 4.69) is 20.3 Å². The van der Waals surface area contributed by atoms with Gasteiger partial charge in [0, 0.05) is 19.2 Å². The van der Waals surface area contributed by atoms with Gasteiger partial charge >= 0.3 is 0 Å². The Morgan fingerprint density at radius 2 is 2.03 bits per heavy atom. The Labute approximate surface area is 192 Å². The SMILES string of the molecule is CCNC(=NCc1ccc(C#N)cc1F)N(C)Cc1ncc(-c2ccccc2)[nH]1.I. The van der Waals surface area contributed by atoms with E-state index in [1.807, 2.05) is 61.5 Å². The minimum absolute atomic E-state index is 0. The molecule has 1 aromatic heterocycles. The van der Waals surface area contributed by atoms with Crippen LogP contribution in [0.15, 0.2) is 59.7 Å². The van der Waals surface area contributed by atoms with Crippen molar-refractivity contribution >= 4 is 29.9 Å². The number of hydrogen-bond acceptors (Lipinski definition) is 3. The van der Waals surface area contributed by atoms with Crippen LogP contribution in [0.5, 0.6) is 0 Å². The number of nitrogens with one attached hydrogen (secondary N) is 2. The van der Waals surface area contributed by atoms with Crippen LogP contribution in [0.25, 0.3) is 11.3 Å². The first-order chi connectivity index (χ1) is 14.1. The summed E-state index contributed by atoms with van der Waals surface area (Å²) in [5.41, 5.74) is 2.77. The lowest BCUT2D eigenvalue weighted by atomic mass is 10.1. The fraction of sp³-hybridized carbons (Fsp3) is 0.227. The summed E-state index contributed by atoms with van der Waals surface area (Å²) in [4.78, 5) is 14.2. The van der Waals surface area contributed by atoms with E-state index in [1.54, 1.807) is 12.1 Å². The number of nitrogens with zero attached hydrogens (tertiary/aromatic N) is 4. The van der Waals surface area contributed by atoms with E-state index in [9.17, 15) is 4.39 Å². The van der Waals surface area contributed by atoms with Crippen LogP contribution in [-0.2, 0) is 13.1 Å². The molecule has 3 aromatic rings. The number of benzene rings is 2. The maximum atomic E-state index is 14.1. The third-order valence-electron chi connectivity index (χ3n) is 4.38. The Kier molecular flexibility index (Phi) is 8.80. The van der Waals surface area contributed by atoms with Gasteiger partial charge in [-0.1, -0.05) is 36.4 Å². The summed E-state index contributed by atoms with van der Waals surface area (Å²) in [5.74, 6) is 1.03. The molecule has 0 amide bonds. The van der Waals surface area contributed by atoms with Crippen LogP contribution >= 0.6 is 24.0 Å². The molecule has 0 bridgehead atoms. The number of aromatic amines is 1. The molecule has 8 heteroatoms. The van der Waals surface area contributed by atoms with E-state index in [0.717, 1.165) is 17.1 Å². The van der Waals surface area contributed by atoms with Crippen molar-refractivity contribution in [1.29, 1.82) is 5.26 Å². The molecule has 0 aliphatic carbocycles. The quantitative estimate of drug-likeness (QED) is 0.290. The molecule has 1 heterocycles. The molecule has 30 heavy (non-hydrogen) atoms. The largest absolute Gasteiger partial charge is 0.357 e. The first-order valence-electron chi connectivity index (χ1n) is 9.38. The Bertz CT molecular complexity index is 1030. The lowest BCUT2D eigenvalue weighted by molar-refractivity contribution is 0.463. The fourth-order valence-corrected chi connectivity index (χ4v) is 2.88. The third-order valence-corrected chi connectivity index (χ3v) is 4.38. The Morgan fingerprint density at radius 1 is 1.27 bits per heavy atom. The summed E-state index contributed by atoms with van der Waals surface area (Å²) in [5, 5.41) is 12.1. The van der Waals surface area contributed by atoms with Crippen LogP contribution in [0.1, 0.15) is 23.9 Å². The van der Waals surface area contributed by atoms with E-state index in [4.69, 9.17) is 5.26 Å². The predicted molar refractivity (Wildman–Crippen MR) is 127 cm³/mol. The van der Waals surface area contributed by atoms with Crippen molar-refractivity contribution in [1.82, 2.24) is 20.2 Å². The van der Waals surface area contributed by atoms with Crippen LogP contribution in [0.3, 0.4) is 0 Å². The van der Waals surface area contributed by atoms with E-state index < -0.39 is 5.82 Å². The highest BCUT2D eigenvalue weighted by atomic mass is 127. The topological polar surface area (TPSA) is 80.1 Å². The second-order valence-electron chi connectivity index (χ2n) is 6.55. The summed E-state index contributed by atoms with van der Waals surface area (Å²) < 4.78 is 14.1. The van der Waals surface area contributed by atoms with Gasteiger partial charge in [-0.05, 0) is 24.6 Å². The average molecular weight is 518 g/mol. The maximum Gasteiger partial charge on any atom is 0.194 e. The lowest BCUT2D eigenvalue weighted by Gasteiger charge is -2.21. The second kappa shape index (κ2) is 11.3. The van der Waals surface area contributed by atoms with Crippen molar-refractivity contribution < 1.29 is 4.39 Å². The first-order valence-corrected chi connectivity index (χ1v) is 9.38. The molecular formula is C22H24FIN6. The minimum Gasteiger partial charge on any atom is -0.357 e. The molecule has 0 aliphatic heterocycles. The molecule has 6 nitrogen and oxygen atoms in total. The fourth-order valence-electron chi connectivity index (χ4n) is 2.88. The van der Waals surface area contributed by atoms with Crippen LogP contribution in [0.4, 0.5) is 4.39 Å². The van der Waals surface area contributed by atoms with Gasteiger partial charge in [-0.2, -0.15) is 5.26 Å². The molecule has 0 fully saturated rings. The van der Waals surface area contributed by atoms with Crippen LogP contribution in [0.2, 0.25) is 0 Å². The first kappa shape index (κ1) is 23.3. The van der Waals surface area contributed by atoms with E-state index in [0.29, 0.717) is 30.2 Å². The van der Waals surface area contributed by atoms with Crippen molar-refractivity contribution in [2.24, 2.45) is 4.99 Å². The van der Waals surface area contributed by atoms with Gasteiger partial charge in [-0.25, -0.2) is 14.4 Å². The molecule has 0 saturated heterocycles. The minimum atomic E-state index is -0.426. The highest BCUT2D eigenvalue weighted by Gasteiger charge is 2.11. The number of halogens is 2. The molecular weight excluding hydrogens is 494 g/mol. The highest BCUT2D eigenvalue weighted by molar-refractivity contribution is 14.0. The number of hydrogen-bond donors (Lipinski definition) is 2. The molecule has 0 atom stereocenters. The normalized spacial score (nSPS) is 10.8. The summed E-state index contributed by atoms with van der Waals surface area (Å²) in [6.45, 7) is 3.37. The molecule has 156 valence electrons. The molecule has 0 spiro atoms. The number of guanidine groups is 1. The Morgan fingerprint density at radius 3 is 2.70 bits per heavy atom. The van der Waals surface area contributed by atoms with Crippen molar-refractivity contribution in [2.75, 3.05) is 13.6 Å². The number of H-pyrrole nitrogens is 1. The molecule has 0 aliphatic rings. The zero-order valence-corrected chi connectivity index (χ0v) is 19.2. The van der Waals surface area contributed by atoms with Gasteiger partial charge in [0.2, 0.25) is 0 Å². The smallest absolute Gasteiger partial charge is 0.194 e. The molecule has 0 saturated carbocycles. The number of imidazole rings is 1. The molecule has 2 aromatic carbocycles. The van der Waals surface area contributed by atoms with E-state index in [1.165, 1.54) is 6.07 Å². The van der Waals surface area contributed by atoms with Crippen LogP contribution < -0.4 is 5.32 Å². The van der Waals surface area contributed by atoms with Crippen molar-refractivity contribution in [3.8, 4) is 17.3 Å². The van der Waals surface area contributed by atoms with Gasteiger partial charge in [0.1, 0.15) is 11.6 Å². The molecule has 0 unspecified atom stereocenters. The van der Waals surface area contributed by atoms with Crippen molar-refractivity contribution in [3.63, 3.8) is 0 Å². The Balaban J connectivity index is 0.00000320. The standard InChI is InChI=1S/C22H23FN6.HI/c1-3-25-22(27-13-18-10-9-16(12-24)11-19(18)23)29(2)15-21-26-14-20(28-21)17-7-5-4-6-8-17;/h4-11,14H,3,13,15H2,1-2H3,(H,25,27)(H,26,28);1H. The van der Waals surface area contributed by atoms with E-state index >= 15 is 0 Å². The number of nitriles is 1. The molecule has 3 rings (SSSR count). The number of rotatable bonds is 6. The van der Waals surface area contributed by atoms with Crippen molar-refractivity contribution in [2.45, 2.75) is 20.0 Å². The van der Waals surface area contributed by atoms with E-state index in [-0.39, 0.29) is 30.5 Å².